The van der Waals surface area contributed by atoms with E-state index in [0.717, 1.165) is 0 Å². The monoisotopic (exact) mass is 152 g/mol. The molecule has 0 aromatic heterocycles. The summed E-state index contributed by atoms with van der Waals surface area (Å²) in [6.07, 6.45) is 0. The van der Waals surface area contributed by atoms with E-state index in [9.17, 15) is 14.2 Å². The van der Waals surface area contributed by atoms with E-state index < -0.39 is 18.7 Å². The quantitative estimate of drug-likeness (QED) is 0.457. The lowest BCUT2D eigenvalue weighted by atomic mass is 11.4. The molecule has 52 valence electrons. The largest absolute Gasteiger partial charge is 0.369 e. The Balaban J connectivity index is 4.61. The number of carbonyl (C=O) groups excluding carboxylic acids is 2. The van der Waals surface area contributed by atoms with Crippen LogP contribution in [0.4, 0.5) is 9.59 Å². The van der Waals surface area contributed by atoms with Crippen LogP contribution in [-0.2, 0) is 4.57 Å². The summed E-state index contributed by atoms with van der Waals surface area (Å²) in [7, 11) is -4.56. The van der Waals surface area contributed by atoms with Gasteiger partial charge in [-0.05, 0) is 0 Å². The van der Waals surface area contributed by atoms with Gasteiger partial charge in [0.15, 0.2) is 0 Å². The predicted molar refractivity (Wildman–Crippen MR) is 29.0 cm³/mol. The van der Waals surface area contributed by atoms with Crippen LogP contribution in [0.25, 0.3) is 0 Å². The van der Waals surface area contributed by atoms with Crippen molar-refractivity contribution >= 4 is 18.7 Å². The van der Waals surface area contributed by atoms with Gasteiger partial charge in [0.25, 0.3) is 0 Å². The van der Waals surface area contributed by atoms with Crippen LogP contribution >= 0.6 is 7.37 Å². The van der Waals surface area contributed by atoms with Crippen LogP contribution in [0.1, 0.15) is 0 Å². The minimum Gasteiger partial charge on any atom is -0.361 e. The molecule has 5 N–H and O–H groups in total. The van der Waals surface area contributed by atoms with Crippen LogP contribution in [0.5, 0.6) is 0 Å². The van der Waals surface area contributed by atoms with E-state index in [0.29, 0.717) is 0 Å². The standard InChI is InChI=1S/C2H5N2O4P/c3-1(5)9(7,8)2(4)6/h(H2,3,5)(H2,4,6)(H,7,8). The lowest BCUT2D eigenvalue weighted by Gasteiger charge is -1.98. The lowest BCUT2D eigenvalue weighted by molar-refractivity contribution is 0.255. The van der Waals surface area contributed by atoms with Crippen LogP contribution in [0, 0.1) is 0 Å². The van der Waals surface area contributed by atoms with E-state index in [1.165, 1.54) is 0 Å². The molecule has 7 heteroatoms. The molecule has 0 aromatic rings. The summed E-state index contributed by atoms with van der Waals surface area (Å²) in [5.41, 5.74) is 5.46. The Hall–Kier alpha value is -0.870. The van der Waals surface area contributed by atoms with Gasteiger partial charge in [0.05, 0.1) is 0 Å². The normalized spacial score (nSPS) is 10.8. The molecule has 9 heavy (non-hydrogen) atoms. The first-order valence-electron chi connectivity index (χ1n) is 1.82. The van der Waals surface area contributed by atoms with Crippen molar-refractivity contribution in [2.45, 2.75) is 0 Å². The molecule has 0 atom stereocenters. The molecule has 0 unspecified atom stereocenters. The molecule has 0 aromatic carbocycles. The third kappa shape index (κ3) is 1.51. The van der Waals surface area contributed by atoms with E-state index >= 15 is 0 Å². The molecule has 0 rings (SSSR count). The molecule has 2 amide bonds. The first-order valence-corrected chi connectivity index (χ1v) is 3.47. The summed E-state index contributed by atoms with van der Waals surface area (Å²) in [6.45, 7) is 0. The van der Waals surface area contributed by atoms with Crippen molar-refractivity contribution in [2.24, 2.45) is 11.5 Å². The van der Waals surface area contributed by atoms with Crippen molar-refractivity contribution in [3.63, 3.8) is 0 Å². The van der Waals surface area contributed by atoms with Crippen molar-refractivity contribution in [1.29, 1.82) is 0 Å². The number of nitrogens with two attached hydrogens (primary N) is 2. The number of rotatable bonds is 2. The minimum absolute atomic E-state index is 1.59. The Morgan fingerprint density at radius 3 is 1.44 bits per heavy atom. The molecule has 0 heterocycles. The number of hydrogen-bond donors (Lipinski definition) is 3. The number of hydrogen-bond acceptors (Lipinski definition) is 3. The molecule has 0 spiro atoms. The second-order valence-corrected chi connectivity index (χ2v) is 3.29. The van der Waals surface area contributed by atoms with Crippen molar-refractivity contribution in [3.8, 4) is 0 Å². The van der Waals surface area contributed by atoms with Crippen LogP contribution in [0.2, 0.25) is 0 Å². The van der Waals surface area contributed by atoms with Gasteiger partial charge in [-0.3, -0.25) is 14.2 Å². The minimum atomic E-state index is -4.56. The fraction of sp³-hybridized carbons (Fsp3) is 0. The Bertz CT molecular complexity index is 181. The second-order valence-electron chi connectivity index (χ2n) is 1.25. The Kier molecular flexibility index (Phi) is 1.95. The highest BCUT2D eigenvalue weighted by molar-refractivity contribution is 7.89. The molecule has 0 saturated heterocycles. The number of carbonyl (C=O) groups is 2. The van der Waals surface area contributed by atoms with Gasteiger partial charge in [-0.2, -0.15) is 0 Å². The van der Waals surface area contributed by atoms with E-state index in [1.54, 1.807) is 0 Å². The van der Waals surface area contributed by atoms with Crippen LogP contribution in [-0.4, -0.2) is 16.2 Å². The second kappa shape index (κ2) is 2.16. The van der Waals surface area contributed by atoms with Gasteiger partial charge in [0.2, 0.25) is 0 Å². The van der Waals surface area contributed by atoms with E-state index in [1.807, 2.05) is 0 Å². The average molecular weight is 152 g/mol. The van der Waals surface area contributed by atoms with Gasteiger partial charge in [-0.15, -0.1) is 0 Å². The lowest BCUT2D eigenvalue weighted by Crippen LogP contribution is -2.19. The zero-order valence-corrected chi connectivity index (χ0v) is 5.17. The molecule has 0 bridgehead atoms. The molecule has 0 aliphatic heterocycles. The topological polar surface area (TPSA) is 123 Å². The van der Waals surface area contributed by atoms with Crippen molar-refractivity contribution in [3.05, 3.63) is 0 Å². The molecule has 0 aliphatic rings. The maximum absolute atomic E-state index is 10.2. The first kappa shape index (κ1) is 8.13. The van der Waals surface area contributed by atoms with Crippen LogP contribution < -0.4 is 11.5 Å². The van der Waals surface area contributed by atoms with Crippen molar-refractivity contribution in [2.75, 3.05) is 0 Å². The fourth-order valence-electron chi connectivity index (χ4n) is 0.109. The van der Waals surface area contributed by atoms with Gasteiger partial charge in [-0.25, -0.2) is 0 Å². The van der Waals surface area contributed by atoms with Crippen molar-refractivity contribution < 1.29 is 19.0 Å². The smallest absolute Gasteiger partial charge is 0.361 e. The Morgan fingerprint density at radius 2 is 1.44 bits per heavy atom. The van der Waals surface area contributed by atoms with E-state index in [2.05, 4.69) is 11.5 Å². The summed E-state index contributed by atoms with van der Waals surface area (Å²) >= 11 is 0. The predicted octanol–water partition coefficient (Wildman–Crippen LogP) is -0.586. The average Bonchev–Trinajstić information content (AvgIpc) is 1.65. The summed E-state index contributed by atoms with van der Waals surface area (Å²) in [4.78, 5) is 28.0. The fourth-order valence-corrected chi connectivity index (χ4v) is 0.326. The molecule has 0 saturated carbocycles. The molecule has 0 radical (unpaired) electrons. The highest BCUT2D eigenvalue weighted by Gasteiger charge is 2.33. The molecular weight excluding hydrogens is 147 g/mol. The number of primary amides is 2. The van der Waals surface area contributed by atoms with E-state index in [4.69, 9.17) is 4.89 Å². The van der Waals surface area contributed by atoms with Crippen molar-refractivity contribution in [1.82, 2.24) is 0 Å². The van der Waals surface area contributed by atoms with Crippen LogP contribution in [0.15, 0.2) is 0 Å². The van der Waals surface area contributed by atoms with Gasteiger partial charge in [0.1, 0.15) is 0 Å². The maximum atomic E-state index is 10.2. The Morgan fingerprint density at radius 1 is 1.22 bits per heavy atom. The highest BCUT2D eigenvalue weighted by atomic mass is 31.2. The molecule has 6 nitrogen and oxygen atoms in total. The van der Waals surface area contributed by atoms with Gasteiger partial charge < -0.3 is 16.4 Å². The third-order valence-corrected chi connectivity index (χ3v) is 1.79. The third-order valence-electron chi connectivity index (χ3n) is 0.597. The molecule has 0 aliphatic carbocycles. The van der Waals surface area contributed by atoms with Gasteiger partial charge >= 0.3 is 18.7 Å². The summed E-state index contributed by atoms with van der Waals surface area (Å²) in [5, 5.41) is 0. The van der Waals surface area contributed by atoms with Crippen LogP contribution in [0.3, 0.4) is 0 Å². The summed E-state index contributed by atoms with van der Waals surface area (Å²) in [5.74, 6) is 0. The van der Waals surface area contributed by atoms with E-state index in [-0.39, 0.29) is 0 Å². The zero-order chi connectivity index (χ0) is 7.65. The SMILES string of the molecule is NC(=O)P(=O)(O)C(N)=O. The Labute approximate surface area is 50.3 Å². The maximum Gasteiger partial charge on any atom is 0.369 e. The number of amides is 2. The van der Waals surface area contributed by atoms with Gasteiger partial charge in [-0.1, -0.05) is 0 Å². The van der Waals surface area contributed by atoms with Gasteiger partial charge in [0, 0.05) is 0 Å². The highest BCUT2D eigenvalue weighted by Crippen LogP contribution is 2.39. The zero-order valence-electron chi connectivity index (χ0n) is 4.27. The molecular formula is C2H5N2O4P. The summed E-state index contributed by atoms with van der Waals surface area (Å²) < 4.78 is 10.2. The first-order chi connectivity index (χ1) is 3.89. The molecule has 0 fully saturated rings. The summed E-state index contributed by atoms with van der Waals surface area (Å²) in [6, 6.07) is 0.